The fraction of sp³-hybridized carbons (Fsp3) is 0. The highest BCUT2D eigenvalue weighted by molar-refractivity contribution is 7.24. The number of hydrogen-bond donors (Lipinski definition) is 0. The minimum atomic E-state index is 0.723. The van der Waals surface area contributed by atoms with Gasteiger partial charge in [-0.1, -0.05) is 140 Å². The Balaban J connectivity index is 1.18. The Morgan fingerprint density at radius 3 is 1.65 bits per heavy atom. The molecule has 0 aliphatic heterocycles. The molecule has 0 bridgehead atoms. The first-order valence-corrected chi connectivity index (χ1v) is 16.2. The van der Waals surface area contributed by atoms with Crippen molar-refractivity contribution in [1.29, 1.82) is 0 Å². The van der Waals surface area contributed by atoms with Gasteiger partial charge < -0.3 is 0 Å². The summed E-state index contributed by atoms with van der Waals surface area (Å²) in [6.07, 6.45) is 0. The van der Waals surface area contributed by atoms with E-state index in [2.05, 4.69) is 132 Å². The lowest BCUT2D eigenvalue weighted by Gasteiger charge is -2.10. The number of rotatable bonds is 5. The number of nitrogens with zero attached hydrogens (tertiary/aromatic N) is 3. The summed E-state index contributed by atoms with van der Waals surface area (Å²) in [5.74, 6) is 0.723. The number of aromatic nitrogens is 3. The number of para-hydroxylation sites is 1. The molecule has 0 unspecified atom stereocenters. The maximum Gasteiger partial charge on any atom is 0.160 e. The minimum absolute atomic E-state index is 0.723. The molecule has 0 aliphatic rings. The van der Waals surface area contributed by atoms with Gasteiger partial charge in [0.05, 0.1) is 27.1 Å². The van der Waals surface area contributed by atoms with Crippen LogP contribution in [-0.4, -0.2) is 14.4 Å². The van der Waals surface area contributed by atoms with Crippen LogP contribution in [0.3, 0.4) is 0 Å². The van der Waals surface area contributed by atoms with Gasteiger partial charge in [-0.3, -0.25) is 4.40 Å². The predicted molar refractivity (Wildman–Crippen MR) is 193 cm³/mol. The summed E-state index contributed by atoms with van der Waals surface area (Å²) in [6, 6.07) is 57.7. The van der Waals surface area contributed by atoms with E-state index in [0.29, 0.717) is 0 Å². The van der Waals surface area contributed by atoms with Crippen LogP contribution < -0.4 is 0 Å². The molecule has 3 aromatic heterocycles. The summed E-state index contributed by atoms with van der Waals surface area (Å²) in [6.45, 7) is 0. The molecule has 216 valence electrons. The molecule has 0 fully saturated rings. The van der Waals surface area contributed by atoms with Gasteiger partial charge in [-0.2, -0.15) is 0 Å². The van der Waals surface area contributed by atoms with Crippen molar-refractivity contribution >= 4 is 37.3 Å². The molecule has 0 saturated heterocycles. The summed E-state index contributed by atoms with van der Waals surface area (Å²) in [5, 5.41) is 1.26. The average molecular weight is 606 g/mol. The zero-order valence-corrected chi connectivity index (χ0v) is 25.7. The standard InChI is InChI=1S/C42H27N3S/c1-4-12-28(13-5-1)33-24-25-39-38(26-33)45-37-19-11-10-18-34(37)40(42(45)46-39)31-22-20-30(21-23-31)36-27-35(29-14-6-2-7-15-29)43-41(44-36)32-16-8-3-9-17-32/h1-27H. The Hall–Kier alpha value is -5.84. The summed E-state index contributed by atoms with van der Waals surface area (Å²) in [5.41, 5.74) is 12.3. The molecule has 4 heteroatoms. The zero-order chi connectivity index (χ0) is 30.5. The van der Waals surface area contributed by atoms with Crippen molar-refractivity contribution in [2.75, 3.05) is 0 Å². The fourth-order valence-electron chi connectivity index (χ4n) is 6.40. The van der Waals surface area contributed by atoms with E-state index in [-0.39, 0.29) is 0 Å². The van der Waals surface area contributed by atoms with Crippen molar-refractivity contribution in [3.63, 3.8) is 0 Å². The molecule has 0 radical (unpaired) electrons. The molecule has 46 heavy (non-hydrogen) atoms. The average Bonchev–Trinajstić information content (AvgIpc) is 3.67. The lowest BCUT2D eigenvalue weighted by Crippen LogP contribution is -1.95. The highest BCUT2D eigenvalue weighted by Gasteiger charge is 2.19. The van der Waals surface area contributed by atoms with Crippen molar-refractivity contribution in [3.8, 4) is 56.2 Å². The Morgan fingerprint density at radius 1 is 0.413 bits per heavy atom. The fourth-order valence-corrected chi connectivity index (χ4v) is 7.62. The normalized spacial score (nSPS) is 11.5. The molecule has 0 saturated carbocycles. The van der Waals surface area contributed by atoms with Crippen molar-refractivity contribution in [2.24, 2.45) is 0 Å². The number of fused-ring (bicyclic) bond motifs is 5. The minimum Gasteiger partial charge on any atom is -0.299 e. The second-order valence-electron chi connectivity index (χ2n) is 11.5. The first kappa shape index (κ1) is 26.6. The highest BCUT2D eigenvalue weighted by Crippen LogP contribution is 2.43. The Bertz CT molecular complexity index is 2440. The Kier molecular flexibility index (Phi) is 6.32. The summed E-state index contributed by atoms with van der Waals surface area (Å²) < 4.78 is 3.72. The van der Waals surface area contributed by atoms with Crippen LogP contribution in [0.4, 0.5) is 0 Å². The third kappa shape index (κ3) is 4.50. The Morgan fingerprint density at radius 2 is 0.957 bits per heavy atom. The number of benzene rings is 6. The maximum absolute atomic E-state index is 5.04. The monoisotopic (exact) mass is 605 g/mol. The molecule has 0 spiro atoms. The first-order chi connectivity index (χ1) is 22.8. The van der Waals surface area contributed by atoms with Gasteiger partial charge in [0.2, 0.25) is 0 Å². The lowest BCUT2D eigenvalue weighted by atomic mass is 10.0. The third-order valence-electron chi connectivity index (χ3n) is 8.64. The van der Waals surface area contributed by atoms with Gasteiger partial charge in [-0.05, 0) is 41.0 Å². The van der Waals surface area contributed by atoms with Crippen LogP contribution in [0.5, 0.6) is 0 Å². The van der Waals surface area contributed by atoms with E-state index in [0.717, 1.165) is 33.9 Å². The van der Waals surface area contributed by atoms with Gasteiger partial charge in [0.1, 0.15) is 4.83 Å². The van der Waals surface area contributed by atoms with Crippen LogP contribution in [-0.2, 0) is 0 Å². The van der Waals surface area contributed by atoms with Crippen molar-refractivity contribution in [3.05, 3.63) is 164 Å². The van der Waals surface area contributed by atoms with E-state index >= 15 is 0 Å². The molecular formula is C42H27N3S. The van der Waals surface area contributed by atoms with Crippen LogP contribution in [0.2, 0.25) is 0 Å². The highest BCUT2D eigenvalue weighted by atomic mass is 32.1. The maximum atomic E-state index is 5.04. The molecule has 9 aromatic rings. The molecule has 0 N–H and O–H groups in total. The van der Waals surface area contributed by atoms with Crippen LogP contribution in [0.25, 0.3) is 82.1 Å². The summed E-state index contributed by atoms with van der Waals surface area (Å²) >= 11 is 1.85. The molecule has 0 amide bonds. The van der Waals surface area contributed by atoms with Crippen LogP contribution in [0.1, 0.15) is 0 Å². The van der Waals surface area contributed by atoms with Crippen LogP contribution in [0.15, 0.2) is 164 Å². The lowest BCUT2D eigenvalue weighted by molar-refractivity contribution is 1.18. The molecule has 9 rings (SSSR count). The van der Waals surface area contributed by atoms with Gasteiger partial charge in [0.25, 0.3) is 0 Å². The van der Waals surface area contributed by atoms with Crippen molar-refractivity contribution in [2.45, 2.75) is 0 Å². The van der Waals surface area contributed by atoms with E-state index in [4.69, 9.17) is 9.97 Å². The molecule has 3 heterocycles. The van der Waals surface area contributed by atoms with Gasteiger partial charge in [0.15, 0.2) is 5.82 Å². The van der Waals surface area contributed by atoms with E-state index in [1.54, 1.807) is 0 Å². The van der Waals surface area contributed by atoms with Crippen molar-refractivity contribution in [1.82, 2.24) is 14.4 Å². The SMILES string of the molecule is c1ccc(-c2ccc3sc4c(-c5ccc(-c6cc(-c7ccccc7)nc(-c7ccccc7)n6)cc5)c5ccccc5n4c3c2)cc1. The number of hydrogen-bond acceptors (Lipinski definition) is 3. The largest absolute Gasteiger partial charge is 0.299 e. The smallest absolute Gasteiger partial charge is 0.160 e. The van der Waals surface area contributed by atoms with Gasteiger partial charge >= 0.3 is 0 Å². The second kappa shape index (κ2) is 11.0. The Labute approximate surface area is 270 Å². The van der Waals surface area contributed by atoms with Gasteiger partial charge in [-0.15, -0.1) is 11.3 Å². The van der Waals surface area contributed by atoms with E-state index in [1.807, 2.05) is 47.7 Å². The van der Waals surface area contributed by atoms with Crippen LogP contribution >= 0.6 is 11.3 Å². The topological polar surface area (TPSA) is 30.2 Å². The number of thiazole rings is 1. The second-order valence-corrected chi connectivity index (χ2v) is 12.5. The molecule has 3 nitrogen and oxygen atoms in total. The van der Waals surface area contributed by atoms with E-state index < -0.39 is 0 Å². The molecular weight excluding hydrogens is 579 g/mol. The third-order valence-corrected chi connectivity index (χ3v) is 9.79. The molecule has 0 atom stereocenters. The molecule has 0 aliphatic carbocycles. The van der Waals surface area contributed by atoms with E-state index in [9.17, 15) is 0 Å². The first-order valence-electron chi connectivity index (χ1n) is 15.4. The van der Waals surface area contributed by atoms with Crippen LogP contribution in [0, 0.1) is 0 Å². The zero-order valence-electron chi connectivity index (χ0n) is 24.8. The van der Waals surface area contributed by atoms with Crippen molar-refractivity contribution < 1.29 is 0 Å². The summed E-state index contributed by atoms with van der Waals surface area (Å²) in [4.78, 5) is 11.3. The molecule has 6 aromatic carbocycles. The predicted octanol–water partition coefficient (Wildman–Crippen LogP) is 11.4. The van der Waals surface area contributed by atoms with Gasteiger partial charge in [-0.25, -0.2) is 9.97 Å². The van der Waals surface area contributed by atoms with E-state index in [1.165, 1.54) is 48.2 Å². The quantitative estimate of drug-likeness (QED) is 0.195. The summed E-state index contributed by atoms with van der Waals surface area (Å²) in [7, 11) is 0. The van der Waals surface area contributed by atoms with Gasteiger partial charge in [0, 0.05) is 27.6 Å².